The van der Waals surface area contributed by atoms with Crippen molar-refractivity contribution in [3.8, 4) is 0 Å². The molecular weight excluding hydrogens is 296 g/mol. The van der Waals surface area contributed by atoms with E-state index in [1.54, 1.807) is 12.1 Å². The van der Waals surface area contributed by atoms with E-state index in [1.165, 1.54) is 37.7 Å². The summed E-state index contributed by atoms with van der Waals surface area (Å²) in [6.45, 7) is 0. The van der Waals surface area contributed by atoms with E-state index in [1.807, 2.05) is 6.07 Å². The van der Waals surface area contributed by atoms with Gasteiger partial charge < -0.3 is 10.2 Å². The van der Waals surface area contributed by atoms with Crippen LogP contribution in [0.4, 0.5) is 0 Å². The number of aliphatic hydroxyl groups is 1. The summed E-state index contributed by atoms with van der Waals surface area (Å²) in [6, 6.07) is 5.39. The Labute approximate surface area is 115 Å². The molecule has 0 radical (unpaired) electrons. The molecule has 0 aliphatic heterocycles. The average molecular weight is 313 g/mol. The Morgan fingerprint density at radius 3 is 2.50 bits per heavy atom. The van der Waals surface area contributed by atoms with E-state index in [4.69, 9.17) is 5.11 Å². The molecule has 0 aromatic heterocycles. The zero-order valence-electron chi connectivity index (χ0n) is 10.1. The van der Waals surface area contributed by atoms with Gasteiger partial charge in [-0.05, 0) is 36.0 Å². The zero-order valence-corrected chi connectivity index (χ0v) is 11.7. The number of hydrogen-bond donors (Lipinski definition) is 2. The van der Waals surface area contributed by atoms with Gasteiger partial charge in [0.05, 0.1) is 0 Å². The maximum absolute atomic E-state index is 10.7. The SMILES string of the molecule is O=C(O)C(O)c1ccc(C2CCCCC2)c(Br)c1. The van der Waals surface area contributed by atoms with E-state index in [-0.39, 0.29) is 0 Å². The third-order valence-electron chi connectivity index (χ3n) is 3.62. The van der Waals surface area contributed by atoms with Crippen LogP contribution in [0.2, 0.25) is 0 Å². The molecule has 0 heterocycles. The number of carboxylic acid groups (broad SMARTS) is 1. The van der Waals surface area contributed by atoms with Gasteiger partial charge in [-0.3, -0.25) is 0 Å². The molecule has 1 aromatic rings. The summed E-state index contributed by atoms with van der Waals surface area (Å²) in [5.41, 5.74) is 1.66. The number of benzene rings is 1. The van der Waals surface area contributed by atoms with E-state index >= 15 is 0 Å². The number of carbonyl (C=O) groups is 1. The van der Waals surface area contributed by atoms with Crippen molar-refractivity contribution in [2.24, 2.45) is 0 Å². The van der Waals surface area contributed by atoms with Crippen molar-refractivity contribution in [3.05, 3.63) is 33.8 Å². The number of rotatable bonds is 3. The summed E-state index contributed by atoms with van der Waals surface area (Å²) in [5.74, 6) is -0.656. The van der Waals surface area contributed by atoms with Crippen molar-refractivity contribution >= 4 is 21.9 Å². The molecule has 1 aliphatic rings. The summed E-state index contributed by atoms with van der Waals surface area (Å²) < 4.78 is 0.909. The zero-order chi connectivity index (χ0) is 13.1. The summed E-state index contributed by atoms with van der Waals surface area (Å²) in [7, 11) is 0. The fourth-order valence-corrected chi connectivity index (χ4v) is 3.32. The van der Waals surface area contributed by atoms with E-state index < -0.39 is 12.1 Å². The van der Waals surface area contributed by atoms with Gasteiger partial charge in [0.15, 0.2) is 6.10 Å². The molecule has 3 nitrogen and oxygen atoms in total. The maximum Gasteiger partial charge on any atom is 0.337 e. The lowest BCUT2D eigenvalue weighted by Gasteiger charge is -2.23. The predicted octanol–water partition coefficient (Wildman–Crippen LogP) is 3.61. The van der Waals surface area contributed by atoms with E-state index in [2.05, 4.69) is 15.9 Å². The Balaban J connectivity index is 2.21. The number of hydrogen-bond acceptors (Lipinski definition) is 2. The Bertz CT molecular complexity index is 439. The highest BCUT2D eigenvalue weighted by atomic mass is 79.9. The van der Waals surface area contributed by atoms with Gasteiger partial charge >= 0.3 is 5.97 Å². The highest BCUT2D eigenvalue weighted by Gasteiger charge is 2.21. The molecule has 2 rings (SSSR count). The number of aliphatic carboxylic acids is 1. The molecule has 4 heteroatoms. The Hall–Kier alpha value is -0.870. The lowest BCUT2D eigenvalue weighted by Crippen LogP contribution is -2.11. The standard InChI is InChI=1S/C14H17BrO3/c15-12-8-10(13(16)14(17)18)6-7-11(12)9-4-2-1-3-5-9/h6-9,13,16H,1-5H2,(H,17,18). The monoisotopic (exact) mass is 312 g/mol. The lowest BCUT2D eigenvalue weighted by atomic mass is 9.84. The summed E-state index contributed by atoms with van der Waals surface area (Å²) in [6.07, 6.45) is 4.78. The largest absolute Gasteiger partial charge is 0.479 e. The first-order chi connectivity index (χ1) is 8.59. The third kappa shape index (κ3) is 2.93. The molecule has 18 heavy (non-hydrogen) atoms. The van der Waals surface area contributed by atoms with Gasteiger partial charge in [0, 0.05) is 4.47 Å². The van der Waals surface area contributed by atoms with Crippen LogP contribution in [-0.2, 0) is 4.79 Å². The van der Waals surface area contributed by atoms with Crippen molar-refractivity contribution in [2.45, 2.75) is 44.1 Å². The molecule has 0 spiro atoms. The minimum absolute atomic E-state index is 0.425. The van der Waals surface area contributed by atoms with Gasteiger partial charge in [0.25, 0.3) is 0 Å². The van der Waals surface area contributed by atoms with Crippen LogP contribution in [0.5, 0.6) is 0 Å². The lowest BCUT2D eigenvalue weighted by molar-refractivity contribution is -0.146. The van der Waals surface area contributed by atoms with Crippen LogP contribution >= 0.6 is 15.9 Å². The number of carboxylic acids is 1. The normalized spacial score (nSPS) is 18.6. The molecule has 1 saturated carbocycles. The second-order valence-corrected chi connectivity index (χ2v) is 5.71. The molecule has 1 atom stereocenters. The van der Waals surface area contributed by atoms with Gasteiger partial charge in [-0.1, -0.05) is 47.3 Å². The Kier molecular flexibility index (Phi) is 4.40. The van der Waals surface area contributed by atoms with Gasteiger partial charge in [-0.15, -0.1) is 0 Å². The van der Waals surface area contributed by atoms with Crippen molar-refractivity contribution in [1.29, 1.82) is 0 Å². The molecular formula is C14H17BrO3. The van der Waals surface area contributed by atoms with Crippen LogP contribution in [0.25, 0.3) is 0 Å². The first kappa shape index (κ1) is 13.6. The van der Waals surface area contributed by atoms with Crippen molar-refractivity contribution in [3.63, 3.8) is 0 Å². The molecule has 0 bridgehead atoms. The maximum atomic E-state index is 10.7. The molecule has 1 aromatic carbocycles. The van der Waals surface area contributed by atoms with Crippen LogP contribution in [0.15, 0.2) is 22.7 Å². The molecule has 0 saturated heterocycles. The van der Waals surface area contributed by atoms with E-state index in [0.29, 0.717) is 11.5 Å². The van der Waals surface area contributed by atoms with Crippen molar-refractivity contribution in [2.75, 3.05) is 0 Å². The quantitative estimate of drug-likeness (QED) is 0.896. The second-order valence-electron chi connectivity index (χ2n) is 4.86. The molecule has 1 aliphatic carbocycles. The molecule has 98 valence electrons. The summed E-state index contributed by atoms with van der Waals surface area (Å²) in [5, 5.41) is 18.3. The fourth-order valence-electron chi connectivity index (χ4n) is 2.60. The minimum atomic E-state index is -1.44. The average Bonchev–Trinajstić information content (AvgIpc) is 2.38. The van der Waals surface area contributed by atoms with Crippen molar-refractivity contribution < 1.29 is 15.0 Å². The Morgan fingerprint density at radius 1 is 1.28 bits per heavy atom. The first-order valence-electron chi connectivity index (χ1n) is 6.30. The minimum Gasteiger partial charge on any atom is -0.479 e. The van der Waals surface area contributed by atoms with Gasteiger partial charge in [0.2, 0.25) is 0 Å². The van der Waals surface area contributed by atoms with E-state index in [0.717, 1.165) is 4.47 Å². The molecule has 0 amide bonds. The van der Waals surface area contributed by atoms with Gasteiger partial charge in [-0.2, -0.15) is 0 Å². The van der Waals surface area contributed by atoms with Crippen LogP contribution in [0, 0.1) is 0 Å². The Morgan fingerprint density at radius 2 is 1.94 bits per heavy atom. The second kappa shape index (κ2) is 5.85. The molecule has 1 unspecified atom stereocenters. The predicted molar refractivity (Wildman–Crippen MR) is 72.6 cm³/mol. The topological polar surface area (TPSA) is 57.5 Å². The van der Waals surface area contributed by atoms with Gasteiger partial charge in [-0.25, -0.2) is 4.79 Å². The van der Waals surface area contributed by atoms with E-state index in [9.17, 15) is 9.90 Å². The highest BCUT2D eigenvalue weighted by molar-refractivity contribution is 9.10. The summed E-state index contributed by atoms with van der Waals surface area (Å²) in [4.78, 5) is 10.7. The van der Waals surface area contributed by atoms with Crippen LogP contribution < -0.4 is 0 Å². The fraction of sp³-hybridized carbons (Fsp3) is 0.500. The molecule has 2 N–H and O–H groups in total. The van der Waals surface area contributed by atoms with Crippen LogP contribution in [0.3, 0.4) is 0 Å². The molecule has 1 fully saturated rings. The van der Waals surface area contributed by atoms with Crippen LogP contribution in [0.1, 0.15) is 55.3 Å². The smallest absolute Gasteiger partial charge is 0.337 e. The highest BCUT2D eigenvalue weighted by Crippen LogP contribution is 2.37. The van der Waals surface area contributed by atoms with Crippen molar-refractivity contribution in [1.82, 2.24) is 0 Å². The number of halogens is 1. The van der Waals surface area contributed by atoms with Gasteiger partial charge in [0.1, 0.15) is 0 Å². The first-order valence-corrected chi connectivity index (χ1v) is 7.09. The summed E-state index contributed by atoms with van der Waals surface area (Å²) >= 11 is 3.50. The van der Waals surface area contributed by atoms with Crippen LogP contribution in [-0.4, -0.2) is 16.2 Å². The third-order valence-corrected chi connectivity index (χ3v) is 4.31. The number of aliphatic hydroxyl groups excluding tert-OH is 1.